The van der Waals surface area contributed by atoms with E-state index in [2.05, 4.69) is 27.7 Å². The first-order chi connectivity index (χ1) is 8.02. The van der Waals surface area contributed by atoms with Gasteiger partial charge in [-0.15, -0.1) is 0 Å². The Morgan fingerprint density at radius 3 is 1.94 bits per heavy atom. The summed E-state index contributed by atoms with van der Waals surface area (Å²) in [6, 6.07) is 0. The third-order valence-corrected chi connectivity index (χ3v) is 4.07. The lowest BCUT2D eigenvalue weighted by molar-refractivity contribution is 0.156. The van der Waals surface area contributed by atoms with Crippen LogP contribution in [-0.2, 0) is 0 Å². The fourth-order valence-corrected chi connectivity index (χ4v) is 2.07. The maximum absolute atomic E-state index is 9.42. The molecular formula is C16H34O. The number of aliphatic hydroxyl groups excluding tert-OH is 1. The van der Waals surface area contributed by atoms with E-state index in [4.69, 9.17) is 0 Å². The molecule has 0 aromatic carbocycles. The molecule has 0 aliphatic rings. The fourth-order valence-electron chi connectivity index (χ4n) is 2.07. The Kier molecular flexibility index (Phi) is 9.91. The Hall–Kier alpha value is -0.0400. The van der Waals surface area contributed by atoms with Gasteiger partial charge in [0.15, 0.2) is 0 Å². The van der Waals surface area contributed by atoms with Gasteiger partial charge in [0.25, 0.3) is 0 Å². The Labute approximate surface area is 109 Å². The number of unbranched alkanes of at least 4 members (excludes halogenated alkanes) is 5. The molecule has 0 amide bonds. The monoisotopic (exact) mass is 242 g/mol. The normalized spacial score (nSPS) is 13.9. The summed E-state index contributed by atoms with van der Waals surface area (Å²) in [6.45, 7) is 9.09. The van der Waals surface area contributed by atoms with Gasteiger partial charge in [0.2, 0.25) is 0 Å². The fraction of sp³-hybridized carbons (Fsp3) is 1.00. The lowest BCUT2D eigenvalue weighted by atomic mass is 9.84. The molecule has 0 saturated heterocycles. The lowest BCUT2D eigenvalue weighted by Crippen LogP contribution is -2.08. The molecular weight excluding hydrogens is 208 g/mol. The highest BCUT2D eigenvalue weighted by Gasteiger charge is 2.13. The molecule has 0 spiro atoms. The van der Waals surface area contributed by atoms with E-state index in [1.54, 1.807) is 0 Å². The first-order valence-corrected chi connectivity index (χ1v) is 7.70. The van der Waals surface area contributed by atoms with Crippen molar-refractivity contribution in [3.8, 4) is 0 Å². The van der Waals surface area contributed by atoms with Crippen molar-refractivity contribution in [3.05, 3.63) is 0 Å². The number of aliphatic hydroxyl groups is 1. The average molecular weight is 242 g/mol. The van der Waals surface area contributed by atoms with E-state index in [0.717, 1.165) is 12.8 Å². The minimum absolute atomic E-state index is 0.0552. The third kappa shape index (κ3) is 10.8. The first kappa shape index (κ1) is 17.0. The largest absolute Gasteiger partial charge is 0.393 e. The van der Waals surface area contributed by atoms with Crippen LogP contribution in [0.4, 0.5) is 0 Å². The molecule has 1 atom stereocenters. The average Bonchev–Trinajstić information content (AvgIpc) is 2.32. The van der Waals surface area contributed by atoms with Crippen molar-refractivity contribution in [2.24, 2.45) is 5.41 Å². The summed E-state index contributed by atoms with van der Waals surface area (Å²) in [5, 5.41) is 9.42. The SMILES string of the molecule is CCC(O)CCCCCCCCC(C)(C)CC. The predicted octanol–water partition coefficient (Wildman–Crippen LogP) is 5.31. The molecule has 0 fully saturated rings. The molecule has 0 aromatic rings. The second-order valence-electron chi connectivity index (χ2n) is 6.24. The molecule has 1 unspecified atom stereocenters. The molecule has 1 N–H and O–H groups in total. The van der Waals surface area contributed by atoms with Crippen molar-refractivity contribution in [1.82, 2.24) is 0 Å². The summed E-state index contributed by atoms with van der Waals surface area (Å²) in [7, 11) is 0. The molecule has 104 valence electrons. The summed E-state index contributed by atoms with van der Waals surface area (Å²) < 4.78 is 0. The van der Waals surface area contributed by atoms with Gasteiger partial charge < -0.3 is 5.11 Å². The van der Waals surface area contributed by atoms with E-state index in [1.807, 2.05) is 0 Å². The number of hydrogen-bond acceptors (Lipinski definition) is 1. The predicted molar refractivity (Wildman–Crippen MR) is 77.3 cm³/mol. The Morgan fingerprint density at radius 1 is 0.882 bits per heavy atom. The molecule has 0 rings (SSSR count). The quantitative estimate of drug-likeness (QED) is 0.486. The Balaban J connectivity index is 3.19. The Morgan fingerprint density at radius 2 is 1.41 bits per heavy atom. The molecule has 0 aliphatic heterocycles. The molecule has 0 radical (unpaired) electrons. The standard InChI is InChI=1S/C16H34O/c1-5-15(17)13-11-9-7-8-10-12-14-16(3,4)6-2/h15,17H,5-14H2,1-4H3. The Bertz CT molecular complexity index is 163. The topological polar surface area (TPSA) is 20.2 Å². The van der Waals surface area contributed by atoms with Gasteiger partial charge in [-0.05, 0) is 24.7 Å². The smallest absolute Gasteiger partial charge is 0.0537 e. The van der Waals surface area contributed by atoms with Gasteiger partial charge >= 0.3 is 0 Å². The molecule has 0 aromatic heterocycles. The van der Waals surface area contributed by atoms with Crippen LogP contribution in [0.2, 0.25) is 0 Å². The van der Waals surface area contributed by atoms with Crippen molar-refractivity contribution in [3.63, 3.8) is 0 Å². The molecule has 0 saturated carbocycles. The minimum atomic E-state index is -0.0552. The van der Waals surface area contributed by atoms with Crippen LogP contribution in [0.1, 0.15) is 91.9 Å². The van der Waals surface area contributed by atoms with Gasteiger partial charge in [0.1, 0.15) is 0 Å². The van der Waals surface area contributed by atoms with Crippen LogP contribution in [0.15, 0.2) is 0 Å². The van der Waals surface area contributed by atoms with Gasteiger partial charge in [-0.2, -0.15) is 0 Å². The maximum atomic E-state index is 9.42. The summed E-state index contributed by atoms with van der Waals surface area (Å²) in [5.74, 6) is 0. The lowest BCUT2D eigenvalue weighted by Gasteiger charge is -2.22. The van der Waals surface area contributed by atoms with Crippen LogP contribution in [0.3, 0.4) is 0 Å². The summed E-state index contributed by atoms with van der Waals surface area (Å²) in [5.41, 5.74) is 0.547. The molecule has 0 aliphatic carbocycles. The molecule has 0 bridgehead atoms. The second kappa shape index (κ2) is 9.94. The zero-order valence-electron chi connectivity index (χ0n) is 12.6. The molecule has 0 heterocycles. The van der Waals surface area contributed by atoms with E-state index in [0.29, 0.717) is 5.41 Å². The summed E-state index contributed by atoms with van der Waals surface area (Å²) in [6.07, 6.45) is 12.5. The zero-order valence-corrected chi connectivity index (χ0v) is 12.6. The molecule has 1 nitrogen and oxygen atoms in total. The molecule has 17 heavy (non-hydrogen) atoms. The van der Waals surface area contributed by atoms with E-state index >= 15 is 0 Å². The number of hydrogen-bond donors (Lipinski definition) is 1. The van der Waals surface area contributed by atoms with Crippen molar-refractivity contribution < 1.29 is 5.11 Å². The summed E-state index contributed by atoms with van der Waals surface area (Å²) >= 11 is 0. The van der Waals surface area contributed by atoms with Crippen molar-refractivity contribution >= 4 is 0 Å². The van der Waals surface area contributed by atoms with Crippen molar-refractivity contribution in [1.29, 1.82) is 0 Å². The van der Waals surface area contributed by atoms with Gasteiger partial charge in [-0.3, -0.25) is 0 Å². The summed E-state index contributed by atoms with van der Waals surface area (Å²) in [4.78, 5) is 0. The van der Waals surface area contributed by atoms with Crippen LogP contribution < -0.4 is 0 Å². The van der Waals surface area contributed by atoms with E-state index in [-0.39, 0.29) is 6.10 Å². The van der Waals surface area contributed by atoms with Crippen molar-refractivity contribution in [2.75, 3.05) is 0 Å². The highest BCUT2D eigenvalue weighted by Crippen LogP contribution is 2.27. The molecule has 1 heteroatoms. The van der Waals surface area contributed by atoms with Crippen LogP contribution in [-0.4, -0.2) is 11.2 Å². The highest BCUT2D eigenvalue weighted by molar-refractivity contribution is 4.65. The minimum Gasteiger partial charge on any atom is -0.393 e. The van der Waals surface area contributed by atoms with Crippen molar-refractivity contribution in [2.45, 2.75) is 98.0 Å². The van der Waals surface area contributed by atoms with Gasteiger partial charge in [-0.1, -0.05) is 72.6 Å². The van der Waals surface area contributed by atoms with Gasteiger partial charge in [0.05, 0.1) is 6.10 Å². The van der Waals surface area contributed by atoms with Crippen LogP contribution in [0.25, 0.3) is 0 Å². The highest BCUT2D eigenvalue weighted by atomic mass is 16.3. The number of rotatable bonds is 11. The van der Waals surface area contributed by atoms with E-state index in [1.165, 1.54) is 51.4 Å². The van der Waals surface area contributed by atoms with Crippen LogP contribution in [0.5, 0.6) is 0 Å². The van der Waals surface area contributed by atoms with Crippen LogP contribution in [0, 0.1) is 5.41 Å². The van der Waals surface area contributed by atoms with E-state index < -0.39 is 0 Å². The zero-order chi connectivity index (χ0) is 13.1. The second-order valence-corrected chi connectivity index (χ2v) is 6.24. The van der Waals surface area contributed by atoms with Crippen LogP contribution >= 0.6 is 0 Å². The third-order valence-electron chi connectivity index (χ3n) is 4.07. The van der Waals surface area contributed by atoms with Gasteiger partial charge in [-0.25, -0.2) is 0 Å². The van der Waals surface area contributed by atoms with E-state index in [9.17, 15) is 5.11 Å². The first-order valence-electron chi connectivity index (χ1n) is 7.70. The maximum Gasteiger partial charge on any atom is 0.0537 e. The van der Waals surface area contributed by atoms with Gasteiger partial charge in [0, 0.05) is 0 Å².